The molecule has 1 aromatic carbocycles. The number of anilines is 1. The van der Waals surface area contributed by atoms with Gasteiger partial charge < -0.3 is 9.42 Å². The van der Waals surface area contributed by atoms with Crippen LogP contribution in [0.5, 0.6) is 0 Å². The fraction of sp³-hybridized carbons (Fsp3) is 0.524. The van der Waals surface area contributed by atoms with E-state index >= 15 is 0 Å². The highest BCUT2D eigenvalue weighted by Gasteiger charge is 2.31. The average molecular weight is 368 g/mol. The lowest BCUT2D eigenvalue weighted by molar-refractivity contribution is -0.124. The highest BCUT2D eigenvalue weighted by atomic mass is 16.5. The minimum absolute atomic E-state index is 0.0918. The van der Waals surface area contributed by atoms with Gasteiger partial charge in [-0.05, 0) is 38.3 Å². The van der Waals surface area contributed by atoms with Gasteiger partial charge in [0.15, 0.2) is 5.76 Å². The maximum Gasteiger partial charge on any atom is 0.244 e. The second kappa shape index (κ2) is 7.82. The zero-order valence-corrected chi connectivity index (χ0v) is 16.2. The maximum absolute atomic E-state index is 13.2. The maximum atomic E-state index is 13.2. The van der Waals surface area contributed by atoms with E-state index in [-0.39, 0.29) is 11.9 Å². The van der Waals surface area contributed by atoms with Crippen molar-refractivity contribution >= 4 is 11.6 Å². The summed E-state index contributed by atoms with van der Waals surface area (Å²) in [5.74, 6) is 1.14. The lowest BCUT2D eigenvalue weighted by atomic mass is 10.0. The number of hydrogen-bond donors (Lipinski definition) is 0. The lowest BCUT2D eigenvalue weighted by Gasteiger charge is -2.39. The van der Waals surface area contributed by atoms with E-state index in [9.17, 15) is 4.79 Å². The van der Waals surface area contributed by atoms with Crippen LogP contribution in [0, 0.1) is 6.92 Å². The minimum atomic E-state index is -0.0918. The summed E-state index contributed by atoms with van der Waals surface area (Å²) >= 11 is 0. The quantitative estimate of drug-likeness (QED) is 0.830. The highest BCUT2D eigenvalue weighted by Crippen LogP contribution is 2.28. The summed E-state index contributed by atoms with van der Waals surface area (Å²) in [4.78, 5) is 19.8. The molecule has 1 atom stereocenters. The normalized spacial score (nSPS) is 19.7. The van der Waals surface area contributed by atoms with E-state index in [2.05, 4.69) is 40.1 Å². The van der Waals surface area contributed by atoms with Gasteiger partial charge in [-0.3, -0.25) is 14.6 Å². The second-order valence-corrected chi connectivity index (χ2v) is 7.64. The summed E-state index contributed by atoms with van der Waals surface area (Å²) in [6.07, 6.45) is 2.11. The largest absolute Gasteiger partial charge is 0.360 e. The number of para-hydroxylation sites is 1. The van der Waals surface area contributed by atoms with E-state index in [0.29, 0.717) is 0 Å². The molecule has 2 aromatic rings. The Hall–Kier alpha value is -2.18. The van der Waals surface area contributed by atoms with Gasteiger partial charge in [-0.25, -0.2) is 0 Å². The first-order chi connectivity index (χ1) is 13.1. The van der Waals surface area contributed by atoms with Crippen molar-refractivity contribution in [3.63, 3.8) is 0 Å². The Balaban J connectivity index is 1.35. The van der Waals surface area contributed by atoms with Crippen LogP contribution in [0.1, 0.15) is 30.4 Å². The van der Waals surface area contributed by atoms with Gasteiger partial charge in [0.25, 0.3) is 0 Å². The average Bonchev–Trinajstić information content (AvgIpc) is 3.11. The van der Waals surface area contributed by atoms with Crippen LogP contribution in [0.25, 0.3) is 0 Å². The molecule has 2 aliphatic heterocycles. The molecule has 6 heteroatoms. The summed E-state index contributed by atoms with van der Waals surface area (Å²) in [6.45, 7) is 9.28. The van der Waals surface area contributed by atoms with Gasteiger partial charge in [-0.2, -0.15) is 0 Å². The Morgan fingerprint density at radius 2 is 1.96 bits per heavy atom. The van der Waals surface area contributed by atoms with Crippen LogP contribution >= 0.6 is 0 Å². The molecule has 1 aromatic heterocycles. The number of hydrogen-bond acceptors (Lipinski definition) is 5. The topological polar surface area (TPSA) is 52.8 Å². The lowest BCUT2D eigenvalue weighted by Crippen LogP contribution is -2.55. The molecule has 0 radical (unpaired) electrons. The van der Waals surface area contributed by atoms with Crippen molar-refractivity contribution in [1.82, 2.24) is 15.0 Å². The number of rotatable bonds is 4. The Labute approximate surface area is 160 Å². The molecular weight excluding hydrogens is 340 g/mol. The van der Waals surface area contributed by atoms with E-state index < -0.39 is 0 Å². The van der Waals surface area contributed by atoms with Crippen molar-refractivity contribution in [2.75, 3.05) is 37.6 Å². The second-order valence-electron chi connectivity index (χ2n) is 7.64. The van der Waals surface area contributed by atoms with Gasteiger partial charge in [0.1, 0.15) is 0 Å². The molecule has 0 bridgehead atoms. The number of aryl methyl sites for hydroxylation is 2. The Morgan fingerprint density at radius 1 is 1.19 bits per heavy atom. The van der Waals surface area contributed by atoms with E-state index in [0.717, 1.165) is 69.3 Å². The van der Waals surface area contributed by atoms with Gasteiger partial charge >= 0.3 is 0 Å². The van der Waals surface area contributed by atoms with Gasteiger partial charge in [0.05, 0.1) is 18.3 Å². The molecule has 0 saturated carbocycles. The van der Waals surface area contributed by atoms with Gasteiger partial charge in [-0.1, -0.05) is 23.4 Å². The molecule has 1 amide bonds. The van der Waals surface area contributed by atoms with Crippen LogP contribution in [0.15, 0.2) is 34.9 Å². The van der Waals surface area contributed by atoms with Crippen LogP contribution in [0.4, 0.5) is 5.69 Å². The molecule has 1 unspecified atom stereocenters. The van der Waals surface area contributed by atoms with E-state index in [1.165, 1.54) is 5.56 Å². The van der Waals surface area contributed by atoms with Crippen LogP contribution in [0.3, 0.4) is 0 Å². The van der Waals surface area contributed by atoms with E-state index in [1.54, 1.807) is 0 Å². The third-order valence-corrected chi connectivity index (χ3v) is 5.74. The highest BCUT2D eigenvalue weighted by molar-refractivity contribution is 5.98. The zero-order chi connectivity index (χ0) is 18.8. The number of benzene rings is 1. The SMILES string of the molecule is Cc1cc(CN2CCN(C(C)C(=O)N3CCCc4ccccc43)CC2)on1. The van der Waals surface area contributed by atoms with E-state index in [4.69, 9.17) is 4.52 Å². The predicted octanol–water partition coefficient (Wildman–Crippen LogP) is 2.47. The summed E-state index contributed by atoms with van der Waals surface area (Å²) < 4.78 is 5.33. The summed E-state index contributed by atoms with van der Waals surface area (Å²) in [7, 11) is 0. The van der Waals surface area contributed by atoms with Crippen molar-refractivity contribution in [2.45, 2.75) is 39.3 Å². The summed E-state index contributed by atoms with van der Waals surface area (Å²) in [5, 5.41) is 3.96. The number of fused-ring (bicyclic) bond motifs is 1. The number of carbonyl (C=O) groups excluding carboxylic acids is 1. The third kappa shape index (κ3) is 3.92. The Kier molecular flexibility index (Phi) is 5.27. The smallest absolute Gasteiger partial charge is 0.244 e. The molecule has 1 saturated heterocycles. The van der Waals surface area contributed by atoms with Crippen LogP contribution in [-0.2, 0) is 17.8 Å². The van der Waals surface area contributed by atoms with Crippen molar-refractivity contribution in [3.05, 3.63) is 47.3 Å². The van der Waals surface area contributed by atoms with Gasteiger partial charge in [0, 0.05) is 44.5 Å². The Morgan fingerprint density at radius 3 is 2.70 bits per heavy atom. The molecule has 0 aliphatic carbocycles. The molecule has 0 spiro atoms. The number of aromatic nitrogens is 1. The van der Waals surface area contributed by atoms with Crippen LogP contribution in [0.2, 0.25) is 0 Å². The van der Waals surface area contributed by atoms with Crippen molar-refractivity contribution in [1.29, 1.82) is 0 Å². The first-order valence-electron chi connectivity index (χ1n) is 9.90. The monoisotopic (exact) mass is 368 g/mol. The number of nitrogens with zero attached hydrogens (tertiary/aromatic N) is 4. The first kappa shape index (κ1) is 18.2. The summed E-state index contributed by atoms with van der Waals surface area (Å²) in [6, 6.07) is 10.2. The molecule has 1 fully saturated rings. The fourth-order valence-electron chi connectivity index (χ4n) is 4.16. The molecule has 2 aliphatic rings. The summed E-state index contributed by atoms with van der Waals surface area (Å²) in [5.41, 5.74) is 3.31. The third-order valence-electron chi connectivity index (χ3n) is 5.74. The fourth-order valence-corrected chi connectivity index (χ4v) is 4.16. The minimum Gasteiger partial charge on any atom is -0.360 e. The van der Waals surface area contributed by atoms with E-state index in [1.807, 2.05) is 24.0 Å². The number of amides is 1. The predicted molar refractivity (Wildman–Crippen MR) is 105 cm³/mol. The molecule has 6 nitrogen and oxygen atoms in total. The molecule has 0 N–H and O–H groups in total. The van der Waals surface area contributed by atoms with Crippen molar-refractivity contribution in [3.8, 4) is 0 Å². The van der Waals surface area contributed by atoms with Crippen molar-refractivity contribution < 1.29 is 9.32 Å². The van der Waals surface area contributed by atoms with Crippen LogP contribution < -0.4 is 4.90 Å². The molecular formula is C21H28N4O2. The molecule has 3 heterocycles. The molecule has 27 heavy (non-hydrogen) atoms. The van der Waals surface area contributed by atoms with Crippen molar-refractivity contribution in [2.24, 2.45) is 0 Å². The number of piperazine rings is 1. The number of carbonyl (C=O) groups is 1. The van der Waals surface area contributed by atoms with Crippen LogP contribution in [-0.4, -0.2) is 59.6 Å². The zero-order valence-electron chi connectivity index (χ0n) is 16.2. The van der Waals surface area contributed by atoms with Gasteiger partial charge in [-0.15, -0.1) is 0 Å². The molecule has 144 valence electrons. The standard InChI is InChI=1S/C21H28N4O2/c1-16-14-19(27-22-16)15-23-10-12-24(13-11-23)17(2)21(26)25-9-5-7-18-6-3-4-8-20(18)25/h3-4,6,8,14,17H,5,7,9-13,15H2,1-2H3. The Bertz CT molecular complexity index is 795. The first-order valence-corrected chi connectivity index (χ1v) is 9.90. The van der Waals surface area contributed by atoms with Gasteiger partial charge in [0.2, 0.25) is 5.91 Å². The molecule has 4 rings (SSSR count).